The lowest BCUT2D eigenvalue weighted by atomic mass is 10.1. The molecule has 6 nitrogen and oxygen atoms in total. The van der Waals surface area contributed by atoms with Crippen LogP contribution in [0.15, 0.2) is 24.3 Å². The summed E-state index contributed by atoms with van der Waals surface area (Å²) in [4.78, 5) is 37.7. The van der Waals surface area contributed by atoms with Gasteiger partial charge < -0.3 is 14.2 Å². The standard InChI is InChI=1S/C47H86O6/c1-4-7-10-13-16-19-22-23-24-26-28-31-34-37-40-46(49)52-43-44(42-51-45(48)39-36-33-30-27-21-18-15-12-9-6-3)53-47(50)41-38-35-32-29-25-20-17-14-11-8-5-2/h13,16,22-23,44H,4-12,14-15,17-21,24-43H2,1-3H3/b16-13-,23-22-/t44-/m1/s1. The van der Waals surface area contributed by atoms with Gasteiger partial charge in [0.2, 0.25) is 0 Å². The van der Waals surface area contributed by atoms with Crippen LogP contribution in [-0.2, 0) is 28.6 Å². The summed E-state index contributed by atoms with van der Waals surface area (Å²) in [7, 11) is 0. The molecule has 1 atom stereocenters. The van der Waals surface area contributed by atoms with E-state index < -0.39 is 6.10 Å². The maximum absolute atomic E-state index is 12.7. The van der Waals surface area contributed by atoms with Gasteiger partial charge in [-0.3, -0.25) is 14.4 Å². The Balaban J connectivity index is 4.36. The minimum atomic E-state index is -0.768. The molecule has 0 N–H and O–H groups in total. The second-order valence-electron chi connectivity index (χ2n) is 15.3. The van der Waals surface area contributed by atoms with Gasteiger partial charge in [0, 0.05) is 19.3 Å². The average Bonchev–Trinajstić information content (AvgIpc) is 3.15. The molecule has 0 rings (SSSR count). The van der Waals surface area contributed by atoms with Crippen molar-refractivity contribution in [2.24, 2.45) is 0 Å². The Hall–Kier alpha value is -2.11. The van der Waals surface area contributed by atoms with Crippen molar-refractivity contribution >= 4 is 17.9 Å². The van der Waals surface area contributed by atoms with Gasteiger partial charge in [-0.2, -0.15) is 0 Å². The van der Waals surface area contributed by atoms with E-state index in [4.69, 9.17) is 14.2 Å². The number of carbonyl (C=O) groups excluding carboxylic acids is 3. The molecule has 0 heterocycles. The van der Waals surface area contributed by atoms with Crippen molar-refractivity contribution in [3.8, 4) is 0 Å². The minimum absolute atomic E-state index is 0.0720. The fourth-order valence-electron chi connectivity index (χ4n) is 6.46. The summed E-state index contributed by atoms with van der Waals surface area (Å²) in [5.41, 5.74) is 0. The van der Waals surface area contributed by atoms with Gasteiger partial charge in [0.1, 0.15) is 13.2 Å². The van der Waals surface area contributed by atoms with Crippen molar-refractivity contribution in [1.29, 1.82) is 0 Å². The highest BCUT2D eigenvalue weighted by Crippen LogP contribution is 2.15. The SMILES string of the molecule is CCCC/C=C\C/C=C\CCCCCCCC(=O)OC[C@@H](COC(=O)CCCCCCCCCCCC)OC(=O)CCCCCCCCCCCCC. The Morgan fingerprint density at radius 2 is 0.698 bits per heavy atom. The van der Waals surface area contributed by atoms with E-state index in [2.05, 4.69) is 45.1 Å². The zero-order valence-corrected chi connectivity index (χ0v) is 35.3. The van der Waals surface area contributed by atoms with Crippen LogP contribution in [0.4, 0.5) is 0 Å². The molecule has 0 amide bonds. The van der Waals surface area contributed by atoms with Crippen LogP contribution in [-0.4, -0.2) is 37.2 Å². The Kier molecular flexibility index (Phi) is 40.9. The number of unbranched alkanes of at least 4 members (excludes halogenated alkanes) is 26. The lowest BCUT2D eigenvalue weighted by molar-refractivity contribution is -0.167. The highest BCUT2D eigenvalue weighted by atomic mass is 16.6. The Morgan fingerprint density at radius 3 is 1.09 bits per heavy atom. The minimum Gasteiger partial charge on any atom is -0.462 e. The highest BCUT2D eigenvalue weighted by molar-refractivity contribution is 5.71. The number of carbonyl (C=O) groups is 3. The van der Waals surface area contributed by atoms with Crippen LogP contribution in [0.5, 0.6) is 0 Å². The van der Waals surface area contributed by atoms with Crippen molar-refractivity contribution in [2.75, 3.05) is 13.2 Å². The predicted molar refractivity (Wildman–Crippen MR) is 224 cm³/mol. The Morgan fingerprint density at radius 1 is 0.377 bits per heavy atom. The first kappa shape index (κ1) is 50.9. The van der Waals surface area contributed by atoms with Gasteiger partial charge in [0.15, 0.2) is 6.10 Å². The summed E-state index contributed by atoms with van der Waals surface area (Å²) < 4.78 is 16.7. The van der Waals surface area contributed by atoms with Crippen molar-refractivity contribution in [1.82, 2.24) is 0 Å². The number of hydrogen-bond donors (Lipinski definition) is 0. The molecule has 0 spiro atoms. The van der Waals surface area contributed by atoms with Crippen molar-refractivity contribution in [3.05, 3.63) is 24.3 Å². The topological polar surface area (TPSA) is 78.9 Å². The van der Waals surface area contributed by atoms with Crippen molar-refractivity contribution < 1.29 is 28.6 Å². The van der Waals surface area contributed by atoms with Crippen LogP contribution in [0.3, 0.4) is 0 Å². The third-order valence-electron chi connectivity index (χ3n) is 9.96. The molecule has 0 aliphatic rings. The van der Waals surface area contributed by atoms with E-state index in [0.717, 1.165) is 77.0 Å². The normalized spacial score (nSPS) is 12.1. The van der Waals surface area contributed by atoms with Gasteiger partial charge >= 0.3 is 17.9 Å². The maximum Gasteiger partial charge on any atom is 0.306 e. The second-order valence-corrected chi connectivity index (χ2v) is 15.3. The van der Waals surface area contributed by atoms with Crippen LogP contribution >= 0.6 is 0 Å². The summed E-state index contributed by atoms with van der Waals surface area (Å²) in [5.74, 6) is -0.883. The first-order valence-corrected chi connectivity index (χ1v) is 22.8. The third kappa shape index (κ3) is 40.9. The van der Waals surface area contributed by atoms with E-state index in [9.17, 15) is 14.4 Å². The van der Waals surface area contributed by atoms with E-state index in [1.54, 1.807) is 0 Å². The highest BCUT2D eigenvalue weighted by Gasteiger charge is 2.19. The first-order valence-electron chi connectivity index (χ1n) is 22.8. The second kappa shape index (κ2) is 42.6. The van der Waals surface area contributed by atoms with E-state index in [1.165, 1.54) is 122 Å². The number of ether oxygens (including phenoxy) is 3. The molecule has 53 heavy (non-hydrogen) atoms. The molecule has 0 aromatic rings. The summed E-state index contributed by atoms with van der Waals surface area (Å²) in [6, 6.07) is 0. The van der Waals surface area contributed by atoms with Crippen LogP contribution in [0.2, 0.25) is 0 Å². The molecule has 310 valence electrons. The molecule has 0 unspecified atom stereocenters. The molecule has 0 radical (unpaired) electrons. The van der Waals surface area contributed by atoms with Crippen LogP contribution in [0, 0.1) is 0 Å². The molecule has 0 aliphatic carbocycles. The van der Waals surface area contributed by atoms with Gasteiger partial charge in [0.25, 0.3) is 0 Å². The molecule has 0 saturated heterocycles. The van der Waals surface area contributed by atoms with E-state index in [1.807, 2.05) is 0 Å². The summed E-state index contributed by atoms with van der Waals surface area (Å²) in [6.07, 6.45) is 45.8. The fourth-order valence-corrected chi connectivity index (χ4v) is 6.46. The summed E-state index contributed by atoms with van der Waals surface area (Å²) in [5, 5.41) is 0. The Bertz CT molecular complexity index is 865. The predicted octanol–water partition coefficient (Wildman–Crippen LogP) is 14.4. The molecular formula is C47H86O6. The number of allylic oxidation sites excluding steroid dienone is 4. The number of hydrogen-bond acceptors (Lipinski definition) is 6. The molecule has 0 aromatic heterocycles. The number of esters is 3. The molecule has 0 fully saturated rings. The Labute approximate surface area is 328 Å². The molecule has 0 bridgehead atoms. The van der Waals surface area contributed by atoms with Gasteiger partial charge in [-0.05, 0) is 44.9 Å². The van der Waals surface area contributed by atoms with Gasteiger partial charge in [0.05, 0.1) is 0 Å². The fraction of sp³-hybridized carbons (Fsp3) is 0.851. The molecule has 6 heteroatoms. The quantitative estimate of drug-likeness (QED) is 0.0268. The average molecular weight is 747 g/mol. The van der Waals surface area contributed by atoms with Crippen LogP contribution in [0.1, 0.15) is 239 Å². The first-order chi connectivity index (χ1) is 26.0. The summed E-state index contributed by atoms with van der Waals surface area (Å²) in [6.45, 7) is 6.57. The van der Waals surface area contributed by atoms with E-state index >= 15 is 0 Å². The zero-order chi connectivity index (χ0) is 38.7. The monoisotopic (exact) mass is 747 g/mol. The van der Waals surface area contributed by atoms with E-state index in [-0.39, 0.29) is 31.1 Å². The van der Waals surface area contributed by atoms with Crippen LogP contribution in [0.25, 0.3) is 0 Å². The van der Waals surface area contributed by atoms with Gasteiger partial charge in [-0.25, -0.2) is 0 Å². The third-order valence-corrected chi connectivity index (χ3v) is 9.96. The maximum atomic E-state index is 12.7. The lowest BCUT2D eigenvalue weighted by Crippen LogP contribution is -2.30. The van der Waals surface area contributed by atoms with Gasteiger partial charge in [-0.1, -0.05) is 199 Å². The van der Waals surface area contributed by atoms with E-state index in [0.29, 0.717) is 19.3 Å². The van der Waals surface area contributed by atoms with Crippen molar-refractivity contribution in [3.63, 3.8) is 0 Å². The van der Waals surface area contributed by atoms with Crippen molar-refractivity contribution in [2.45, 2.75) is 245 Å². The summed E-state index contributed by atoms with van der Waals surface area (Å²) >= 11 is 0. The molecule has 0 aliphatic heterocycles. The largest absolute Gasteiger partial charge is 0.462 e. The number of rotatable bonds is 41. The lowest BCUT2D eigenvalue weighted by Gasteiger charge is -2.18. The smallest absolute Gasteiger partial charge is 0.306 e. The molecule has 0 saturated carbocycles. The zero-order valence-electron chi connectivity index (χ0n) is 35.3. The van der Waals surface area contributed by atoms with Gasteiger partial charge in [-0.15, -0.1) is 0 Å². The molecular weight excluding hydrogens is 661 g/mol. The van der Waals surface area contributed by atoms with Crippen LogP contribution < -0.4 is 0 Å². The molecule has 0 aromatic carbocycles.